The Labute approximate surface area is 188 Å². The number of thioether (sulfide) groups is 1. The van der Waals surface area contributed by atoms with Gasteiger partial charge in [-0.3, -0.25) is 0 Å². The lowest BCUT2D eigenvalue weighted by Crippen LogP contribution is -2.25. The van der Waals surface area contributed by atoms with Crippen molar-refractivity contribution in [1.82, 2.24) is 0 Å². The van der Waals surface area contributed by atoms with E-state index in [1.54, 1.807) is 11.8 Å². The van der Waals surface area contributed by atoms with Crippen LogP contribution < -0.4 is 15.8 Å². The molecule has 1 aliphatic rings. The highest BCUT2D eigenvalue weighted by atomic mass is 32.2. The molecule has 3 aromatic rings. The first-order chi connectivity index (χ1) is 15.2. The van der Waals surface area contributed by atoms with Crippen LogP contribution >= 0.6 is 11.8 Å². The van der Waals surface area contributed by atoms with Gasteiger partial charge >= 0.3 is 0 Å². The molecule has 0 bridgehead atoms. The molecule has 0 saturated heterocycles. The zero-order chi connectivity index (χ0) is 22.1. The van der Waals surface area contributed by atoms with Crippen LogP contribution in [0.4, 0.5) is 15.8 Å². The summed E-state index contributed by atoms with van der Waals surface area (Å²) in [5.74, 6) is 0.641. The number of alkyl halides is 1. The maximum Gasteiger partial charge on any atom is 0.150 e. The van der Waals surface area contributed by atoms with Crippen molar-refractivity contribution in [2.75, 3.05) is 24.3 Å². The van der Waals surface area contributed by atoms with E-state index >= 15 is 0 Å². The van der Waals surface area contributed by atoms with Gasteiger partial charge < -0.3 is 20.5 Å². The summed E-state index contributed by atoms with van der Waals surface area (Å²) in [6, 6.07) is 23.4. The number of rotatable bonds is 8. The van der Waals surface area contributed by atoms with Gasteiger partial charge in [-0.15, -0.1) is 0 Å². The highest BCUT2D eigenvalue weighted by Crippen LogP contribution is 2.47. The fourth-order valence-electron chi connectivity index (χ4n) is 3.10. The van der Waals surface area contributed by atoms with Crippen LogP contribution in [-0.4, -0.2) is 19.4 Å². The minimum absolute atomic E-state index is 0.118. The number of benzene rings is 3. The predicted octanol–water partition coefficient (Wildman–Crippen LogP) is 6.45. The van der Waals surface area contributed by atoms with Crippen LogP contribution in [-0.2, 0) is 11.3 Å². The zero-order valence-electron chi connectivity index (χ0n) is 17.9. The number of halogens is 1. The van der Waals surface area contributed by atoms with Gasteiger partial charge in [0, 0.05) is 16.3 Å². The van der Waals surface area contributed by atoms with Crippen LogP contribution in [0.2, 0.25) is 0 Å². The molecular formula is C25H29FN2O2S. The average Bonchev–Trinajstić information content (AvgIpc) is 3.24. The third-order valence-electron chi connectivity index (χ3n) is 4.61. The van der Waals surface area contributed by atoms with Crippen LogP contribution in [0.1, 0.15) is 30.3 Å². The Balaban J connectivity index is 0.00000132. The Hall–Kier alpha value is -2.70. The summed E-state index contributed by atoms with van der Waals surface area (Å²) < 4.78 is 24.9. The zero-order valence-corrected chi connectivity index (χ0v) is 18.7. The molecule has 31 heavy (non-hydrogen) atoms. The van der Waals surface area contributed by atoms with Crippen molar-refractivity contribution in [2.45, 2.75) is 36.8 Å². The Morgan fingerprint density at radius 1 is 1.03 bits per heavy atom. The quantitative estimate of drug-likeness (QED) is 0.395. The molecule has 2 atom stereocenters. The van der Waals surface area contributed by atoms with Gasteiger partial charge in [-0.1, -0.05) is 68.1 Å². The highest BCUT2D eigenvalue weighted by Gasteiger charge is 2.23. The van der Waals surface area contributed by atoms with Gasteiger partial charge in [0.25, 0.3) is 0 Å². The summed E-state index contributed by atoms with van der Waals surface area (Å²) in [7, 11) is 0. The summed E-state index contributed by atoms with van der Waals surface area (Å²) in [6.07, 6.45) is -0.635. The second-order valence-electron chi connectivity index (χ2n) is 6.86. The number of nitrogen functional groups attached to an aromatic ring is 1. The molecule has 0 aromatic heterocycles. The maximum atomic E-state index is 13.4. The molecule has 0 spiro atoms. The SMILES string of the molecule is CC.Nc1ccc(C2Nc3ccc(OC(CF)COCc4ccccc4)cc3S2)cc1. The summed E-state index contributed by atoms with van der Waals surface area (Å²) >= 11 is 1.70. The fourth-order valence-corrected chi connectivity index (χ4v) is 4.27. The molecule has 3 N–H and O–H groups in total. The second-order valence-corrected chi connectivity index (χ2v) is 8.01. The second kappa shape index (κ2) is 11.6. The predicted molar refractivity (Wildman–Crippen MR) is 127 cm³/mol. The van der Waals surface area contributed by atoms with Gasteiger partial charge in [-0.25, -0.2) is 4.39 Å². The third-order valence-corrected chi connectivity index (χ3v) is 5.83. The van der Waals surface area contributed by atoms with Crippen molar-refractivity contribution < 1.29 is 13.9 Å². The largest absolute Gasteiger partial charge is 0.485 e. The summed E-state index contributed by atoms with van der Waals surface area (Å²) in [5.41, 5.74) is 9.77. The van der Waals surface area contributed by atoms with Gasteiger partial charge in [0.15, 0.2) is 6.10 Å². The first kappa shape index (κ1) is 23.0. The summed E-state index contributed by atoms with van der Waals surface area (Å²) in [6.45, 7) is 4.03. The van der Waals surface area contributed by atoms with E-state index in [1.165, 1.54) is 0 Å². The molecule has 164 valence electrons. The van der Waals surface area contributed by atoms with E-state index in [2.05, 4.69) is 5.32 Å². The number of anilines is 2. The molecule has 4 nitrogen and oxygen atoms in total. The highest BCUT2D eigenvalue weighted by molar-refractivity contribution is 8.00. The van der Waals surface area contributed by atoms with Crippen LogP contribution in [0, 0.1) is 0 Å². The number of ether oxygens (including phenoxy) is 2. The first-order valence-corrected chi connectivity index (χ1v) is 11.4. The van der Waals surface area contributed by atoms with Gasteiger partial charge in [-0.2, -0.15) is 0 Å². The van der Waals surface area contributed by atoms with E-state index in [4.69, 9.17) is 15.2 Å². The lowest BCUT2D eigenvalue weighted by molar-refractivity contribution is 0.0296. The molecule has 1 aliphatic heterocycles. The van der Waals surface area contributed by atoms with Crippen molar-refractivity contribution in [3.63, 3.8) is 0 Å². The molecule has 0 amide bonds. The minimum atomic E-state index is -0.635. The lowest BCUT2D eigenvalue weighted by Gasteiger charge is -2.17. The van der Waals surface area contributed by atoms with Gasteiger partial charge in [-0.05, 0) is 41.5 Å². The van der Waals surface area contributed by atoms with Crippen molar-refractivity contribution in [1.29, 1.82) is 0 Å². The third kappa shape index (κ3) is 6.39. The topological polar surface area (TPSA) is 56.5 Å². The van der Waals surface area contributed by atoms with Crippen molar-refractivity contribution in [3.05, 3.63) is 83.9 Å². The van der Waals surface area contributed by atoms with Crippen molar-refractivity contribution in [2.24, 2.45) is 0 Å². The van der Waals surface area contributed by atoms with Crippen LogP contribution in [0.25, 0.3) is 0 Å². The Morgan fingerprint density at radius 2 is 1.77 bits per heavy atom. The molecule has 2 unspecified atom stereocenters. The van der Waals surface area contributed by atoms with Crippen LogP contribution in [0.15, 0.2) is 77.7 Å². The van der Waals surface area contributed by atoms with Crippen LogP contribution in [0.3, 0.4) is 0 Å². The monoisotopic (exact) mass is 440 g/mol. The smallest absolute Gasteiger partial charge is 0.150 e. The number of fused-ring (bicyclic) bond motifs is 1. The molecule has 0 radical (unpaired) electrons. The van der Waals surface area contributed by atoms with E-state index in [0.717, 1.165) is 27.4 Å². The van der Waals surface area contributed by atoms with Gasteiger partial charge in [0.2, 0.25) is 0 Å². The number of hydrogen-bond donors (Lipinski definition) is 2. The molecule has 0 aliphatic carbocycles. The van der Waals surface area contributed by atoms with Crippen molar-refractivity contribution in [3.8, 4) is 5.75 Å². The van der Waals surface area contributed by atoms with Crippen molar-refractivity contribution >= 4 is 23.1 Å². The Kier molecular flexibility index (Phi) is 8.62. The molecule has 0 fully saturated rings. The summed E-state index contributed by atoms with van der Waals surface area (Å²) in [4.78, 5) is 1.08. The molecule has 3 aromatic carbocycles. The van der Waals surface area contributed by atoms with E-state index in [1.807, 2.05) is 86.6 Å². The molecule has 6 heteroatoms. The van der Waals surface area contributed by atoms with Gasteiger partial charge in [0.1, 0.15) is 17.8 Å². The number of hydrogen-bond acceptors (Lipinski definition) is 5. The summed E-state index contributed by atoms with van der Waals surface area (Å²) in [5, 5.41) is 3.60. The first-order valence-electron chi connectivity index (χ1n) is 10.5. The van der Waals surface area contributed by atoms with Crippen LogP contribution in [0.5, 0.6) is 5.75 Å². The molecule has 4 rings (SSSR count). The lowest BCUT2D eigenvalue weighted by atomic mass is 10.2. The molecule has 0 saturated carbocycles. The molecule has 1 heterocycles. The van der Waals surface area contributed by atoms with E-state index in [-0.39, 0.29) is 12.0 Å². The molecular weight excluding hydrogens is 411 g/mol. The number of nitrogens with one attached hydrogen (secondary N) is 1. The number of nitrogens with two attached hydrogens (primary N) is 1. The standard InChI is InChI=1S/C23H23FN2O2S.C2H6/c24-13-20(15-27-14-16-4-2-1-3-5-16)28-19-10-11-21-22(12-19)29-23(26-21)17-6-8-18(25)9-7-17;1-2/h1-12,20,23,26H,13-15,25H2;1-2H3. The minimum Gasteiger partial charge on any atom is -0.485 e. The van der Waals surface area contributed by atoms with E-state index < -0.39 is 12.8 Å². The maximum absolute atomic E-state index is 13.4. The Morgan fingerprint density at radius 3 is 2.48 bits per heavy atom. The fraction of sp³-hybridized carbons (Fsp3) is 0.280. The van der Waals surface area contributed by atoms with E-state index in [0.29, 0.717) is 12.4 Å². The Bertz CT molecular complexity index is 938. The normalized spacial score (nSPS) is 15.3. The van der Waals surface area contributed by atoms with Gasteiger partial charge in [0.05, 0.1) is 13.2 Å². The van der Waals surface area contributed by atoms with E-state index in [9.17, 15) is 4.39 Å². The average molecular weight is 441 g/mol.